The summed E-state index contributed by atoms with van der Waals surface area (Å²) in [4.78, 5) is 22.4. The van der Waals surface area contributed by atoms with Gasteiger partial charge in [0.1, 0.15) is 17.3 Å². The lowest BCUT2D eigenvalue weighted by Crippen LogP contribution is -2.36. The minimum atomic E-state index is -4.84. The first-order chi connectivity index (χ1) is 14.5. The second kappa shape index (κ2) is 8.75. The van der Waals surface area contributed by atoms with Crippen molar-refractivity contribution in [3.63, 3.8) is 0 Å². The molecule has 1 aromatic carbocycles. The van der Waals surface area contributed by atoms with E-state index in [1.807, 2.05) is 13.8 Å². The van der Waals surface area contributed by atoms with Crippen LogP contribution in [0.25, 0.3) is 11.3 Å². The first-order valence-electron chi connectivity index (χ1n) is 9.33. The van der Waals surface area contributed by atoms with Crippen LogP contribution in [0.1, 0.15) is 29.9 Å². The number of carbonyl (C=O) groups is 1. The SMILES string of the molecule is CC(C)N(Cc1ccc(F)c(-c2ccc(OC(F)(F)F)cn2)c1)C(=O)c1cn(C)cn1. The van der Waals surface area contributed by atoms with Crippen LogP contribution in [0.2, 0.25) is 0 Å². The van der Waals surface area contributed by atoms with Crippen molar-refractivity contribution in [1.82, 2.24) is 19.4 Å². The summed E-state index contributed by atoms with van der Waals surface area (Å²) in [7, 11) is 1.76. The van der Waals surface area contributed by atoms with E-state index in [0.717, 1.165) is 12.3 Å². The number of rotatable bonds is 6. The fraction of sp³-hybridized carbons (Fsp3) is 0.286. The third kappa shape index (κ3) is 5.59. The number of hydrogen-bond acceptors (Lipinski definition) is 4. The van der Waals surface area contributed by atoms with Crippen LogP contribution in [0.5, 0.6) is 5.75 Å². The number of alkyl halides is 3. The molecular weight excluding hydrogens is 416 g/mol. The van der Waals surface area contributed by atoms with Gasteiger partial charge in [-0.05, 0) is 43.7 Å². The minimum absolute atomic E-state index is 0.102. The monoisotopic (exact) mass is 436 g/mol. The average molecular weight is 436 g/mol. The van der Waals surface area contributed by atoms with Crippen LogP contribution < -0.4 is 4.74 Å². The summed E-state index contributed by atoms with van der Waals surface area (Å²) in [6.45, 7) is 3.90. The molecule has 0 radical (unpaired) electrons. The van der Waals surface area contributed by atoms with Gasteiger partial charge in [0.05, 0.1) is 18.2 Å². The Morgan fingerprint density at radius 3 is 2.48 bits per heavy atom. The van der Waals surface area contributed by atoms with Crippen molar-refractivity contribution in [2.75, 3.05) is 0 Å². The van der Waals surface area contributed by atoms with Crippen LogP contribution in [0.15, 0.2) is 49.1 Å². The molecule has 31 heavy (non-hydrogen) atoms. The predicted octanol–water partition coefficient (Wildman–Crippen LogP) is 4.57. The standard InChI is InChI=1S/C21H20F4N4O2/c1-13(2)29(20(30)19-11-28(3)12-27-19)10-14-4-6-17(22)16(8-14)18-7-5-15(9-26-18)31-21(23,24)25/h4-9,11-13H,10H2,1-3H3. The molecule has 3 rings (SSSR count). The van der Waals surface area contributed by atoms with Gasteiger partial charge in [-0.25, -0.2) is 9.37 Å². The van der Waals surface area contributed by atoms with Crippen molar-refractivity contribution in [2.45, 2.75) is 32.8 Å². The molecule has 10 heteroatoms. The fourth-order valence-electron chi connectivity index (χ4n) is 2.96. The lowest BCUT2D eigenvalue weighted by atomic mass is 10.1. The Bertz CT molecular complexity index is 1060. The molecular formula is C21H20F4N4O2. The Morgan fingerprint density at radius 1 is 1.19 bits per heavy atom. The molecule has 0 saturated carbocycles. The van der Waals surface area contributed by atoms with Crippen molar-refractivity contribution in [2.24, 2.45) is 7.05 Å². The molecule has 0 aliphatic rings. The number of carbonyl (C=O) groups excluding carboxylic acids is 1. The molecule has 0 bridgehead atoms. The van der Waals surface area contributed by atoms with E-state index in [9.17, 15) is 22.4 Å². The topological polar surface area (TPSA) is 60.2 Å². The van der Waals surface area contributed by atoms with Gasteiger partial charge >= 0.3 is 6.36 Å². The van der Waals surface area contributed by atoms with Gasteiger partial charge in [0.2, 0.25) is 0 Å². The average Bonchev–Trinajstić information content (AvgIpc) is 3.12. The van der Waals surface area contributed by atoms with Crippen LogP contribution in [0.3, 0.4) is 0 Å². The van der Waals surface area contributed by atoms with Crippen LogP contribution in [-0.2, 0) is 13.6 Å². The number of amides is 1. The summed E-state index contributed by atoms with van der Waals surface area (Å²) in [5.41, 5.74) is 1.17. The zero-order valence-corrected chi connectivity index (χ0v) is 17.0. The molecule has 164 valence electrons. The minimum Gasteiger partial charge on any atom is -0.404 e. The van der Waals surface area contributed by atoms with Crippen LogP contribution >= 0.6 is 0 Å². The van der Waals surface area contributed by atoms with Crippen molar-refractivity contribution in [3.8, 4) is 17.0 Å². The smallest absolute Gasteiger partial charge is 0.404 e. The molecule has 0 atom stereocenters. The number of pyridine rings is 1. The third-order valence-electron chi connectivity index (χ3n) is 4.44. The van der Waals surface area contributed by atoms with Gasteiger partial charge in [-0.2, -0.15) is 0 Å². The highest BCUT2D eigenvalue weighted by atomic mass is 19.4. The summed E-state index contributed by atoms with van der Waals surface area (Å²) < 4.78 is 56.8. The van der Waals surface area contributed by atoms with E-state index in [0.29, 0.717) is 11.3 Å². The van der Waals surface area contributed by atoms with Gasteiger partial charge in [-0.15, -0.1) is 13.2 Å². The van der Waals surface area contributed by atoms with Gasteiger partial charge < -0.3 is 14.2 Å². The second-order valence-electron chi connectivity index (χ2n) is 7.19. The Hall–Kier alpha value is -3.43. The molecule has 2 heterocycles. The Labute approximate surface area is 176 Å². The number of aryl methyl sites for hydroxylation is 1. The lowest BCUT2D eigenvalue weighted by molar-refractivity contribution is -0.274. The van der Waals surface area contributed by atoms with Crippen molar-refractivity contribution >= 4 is 5.91 Å². The van der Waals surface area contributed by atoms with Crippen LogP contribution in [-0.4, -0.2) is 37.7 Å². The molecule has 0 aliphatic heterocycles. The summed E-state index contributed by atoms with van der Waals surface area (Å²) in [5, 5.41) is 0. The zero-order chi connectivity index (χ0) is 22.8. The van der Waals surface area contributed by atoms with Gasteiger partial charge in [-0.1, -0.05) is 6.07 Å². The lowest BCUT2D eigenvalue weighted by Gasteiger charge is -2.26. The highest BCUT2D eigenvalue weighted by Crippen LogP contribution is 2.27. The van der Waals surface area contributed by atoms with E-state index in [1.54, 1.807) is 28.8 Å². The number of hydrogen-bond donors (Lipinski definition) is 0. The number of ether oxygens (including phenoxy) is 1. The van der Waals surface area contributed by atoms with Crippen molar-refractivity contribution < 1.29 is 27.1 Å². The summed E-state index contributed by atoms with van der Waals surface area (Å²) in [6.07, 6.45) is -0.823. The van der Waals surface area contributed by atoms with E-state index in [2.05, 4.69) is 14.7 Å². The van der Waals surface area contributed by atoms with Crippen molar-refractivity contribution in [3.05, 3.63) is 66.1 Å². The van der Waals surface area contributed by atoms with E-state index in [1.165, 1.54) is 24.5 Å². The number of benzene rings is 1. The number of nitrogens with zero attached hydrogens (tertiary/aromatic N) is 4. The van der Waals surface area contributed by atoms with E-state index in [-0.39, 0.29) is 29.8 Å². The molecule has 0 spiro atoms. The highest BCUT2D eigenvalue weighted by molar-refractivity contribution is 5.92. The summed E-state index contributed by atoms with van der Waals surface area (Å²) in [6, 6.07) is 6.44. The van der Waals surface area contributed by atoms with Gasteiger partial charge in [-0.3, -0.25) is 9.78 Å². The van der Waals surface area contributed by atoms with E-state index >= 15 is 0 Å². The number of aromatic nitrogens is 3. The largest absolute Gasteiger partial charge is 0.573 e. The number of halogens is 4. The first-order valence-corrected chi connectivity index (χ1v) is 9.33. The van der Waals surface area contributed by atoms with Gasteiger partial charge in [0, 0.05) is 31.4 Å². The maximum Gasteiger partial charge on any atom is 0.573 e. The Kier molecular flexibility index (Phi) is 6.28. The molecule has 0 aliphatic carbocycles. The quantitative estimate of drug-likeness (QED) is 0.531. The fourth-order valence-corrected chi connectivity index (χ4v) is 2.96. The zero-order valence-electron chi connectivity index (χ0n) is 17.0. The normalized spacial score (nSPS) is 11.6. The Balaban J connectivity index is 1.85. The molecule has 2 aromatic heterocycles. The first kappa shape index (κ1) is 22.3. The highest BCUT2D eigenvalue weighted by Gasteiger charge is 2.31. The maximum atomic E-state index is 14.4. The van der Waals surface area contributed by atoms with Gasteiger partial charge in [0.25, 0.3) is 5.91 Å². The molecule has 6 nitrogen and oxygen atoms in total. The van der Waals surface area contributed by atoms with E-state index in [4.69, 9.17) is 0 Å². The molecule has 0 N–H and O–H groups in total. The maximum absolute atomic E-state index is 14.4. The molecule has 0 saturated heterocycles. The second-order valence-corrected chi connectivity index (χ2v) is 7.19. The molecule has 1 amide bonds. The molecule has 3 aromatic rings. The Morgan fingerprint density at radius 2 is 1.94 bits per heavy atom. The molecule has 0 unspecified atom stereocenters. The molecule has 0 fully saturated rings. The van der Waals surface area contributed by atoms with Gasteiger partial charge in [0.15, 0.2) is 0 Å². The summed E-state index contributed by atoms with van der Waals surface area (Å²) in [5.74, 6) is -1.36. The van der Waals surface area contributed by atoms with Crippen molar-refractivity contribution in [1.29, 1.82) is 0 Å². The number of imidazole rings is 1. The van der Waals surface area contributed by atoms with Crippen LogP contribution in [0, 0.1) is 5.82 Å². The predicted molar refractivity (Wildman–Crippen MR) is 105 cm³/mol. The third-order valence-corrected chi connectivity index (χ3v) is 4.44. The van der Waals surface area contributed by atoms with E-state index < -0.39 is 17.9 Å². The summed E-state index contributed by atoms with van der Waals surface area (Å²) >= 11 is 0. The van der Waals surface area contributed by atoms with Crippen LogP contribution in [0.4, 0.5) is 17.6 Å².